The summed E-state index contributed by atoms with van der Waals surface area (Å²) in [4.78, 5) is 10.6. The largest absolute Gasteiger partial charge is 0.303 e. The van der Waals surface area contributed by atoms with Crippen LogP contribution in [0.4, 0.5) is 0 Å². The first-order valence-electron chi connectivity index (χ1n) is 4.04. The molecule has 0 aromatic carbocycles. The molecule has 0 bridgehead atoms. The van der Waals surface area contributed by atoms with Crippen LogP contribution in [0.25, 0.3) is 0 Å². The quantitative estimate of drug-likeness (QED) is 0.526. The molecule has 61 valence electrons. The molecule has 1 heteroatoms. The summed E-state index contributed by atoms with van der Waals surface area (Å²) >= 11 is 0. The summed E-state index contributed by atoms with van der Waals surface area (Å²) in [6.45, 7) is 6.31. The predicted molar refractivity (Wildman–Crippen MR) is 46.0 cm³/mol. The standard InChI is InChI=1S/C10H15O/c1-8-4-5-9(7-11)10(2,3)6-8/h4,6-7,9H,5H2,1-3H3. The maximum Gasteiger partial charge on any atom is 0.123 e. The Labute approximate surface area is 68.5 Å². The predicted octanol–water partition coefficient (Wildman–Crippen LogP) is 2.38. The van der Waals surface area contributed by atoms with E-state index < -0.39 is 0 Å². The summed E-state index contributed by atoms with van der Waals surface area (Å²) < 4.78 is 0. The minimum absolute atomic E-state index is 0.0561. The van der Waals surface area contributed by atoms with Crippen LogP contribution in [0, 0.1) is 17.8 Å². The van der Waals surface area contributed by atoms with Crippen molar-refractivity contribution in [1.82, 2.24) is 0 Å². The summed E-state index contributed by atoms with van der Waals surface area (Å²) in [7, 11) is 0. The number of hydrogen-bond donors (Lipinski definition) is 0. The Kier molecular flexibility index (Phi) is 2.17. The number of carbonyl (C=O) groups is 1. The molecule has 0 saturated heterocycles. The second-order valence-corrected chi connectivity index (χ2v) is 3.89. The third-order valence-corrected chi connectivity index (χ3v) is 2.41. The van der Waals surface area contributed by atoms with E-state index in [1.165, 1.54) is 5.57 Å². The van der Waals surface area contributed by atoms with E-state index >= 15 is 0 Å². The van der Waals surface area contributed by atoms with Gasteiger partial charge in [-0.1, -0.05) is 25.5 Å². The molecule has 1 rings (SSSR count). The van der Waals surface area contributed by atoms with Crippen LogP contribution >= 0.6 is 0 Å². The first-order chi connectivity index (χ1) is 5.06. The van der Waals surface area contributed by atoms with Crippen molar-refractivity contribution in [2.24, 2.45) is 11.3 Å². The van der Waals surface area contributed by atoms with E-state index in [1.807, 2.05) is 0 Å². The zero-order valence-electron chi connectivity index (χ0n) is 7.42. The monoisotopic (exact) mass is 151 g/mol. The van der Waals surface area contributed by atoms with Crippen LogP contribution in [0.2, 0.25) is 0 Å². The number of hydrogen-bond acceptors (Lipinski definition) is 1. The third kappa shape index (κ3) is 1.70. The minimum Gasteiger partial charge on any atom is -0.303 e. The van der Waals surface area contributed by atoms with E-state index in [9.17, 15) is 4.79 Å². The Morgan fingerprint density at radius 2 is 2.27 bits per heavy atom. The second-order valence-electron chi connectivity index (χ2n) is 3.89. The SMILES string of the molecule is CC1=CCC(C=O)C(C)(C)[CH]1. The van der Waals surface area contributed by atoms with Crippen molar-refractivity contribution in [3.05, 3.63) is 18.1 Å². The van der Waals surface area contributed by atoms with E-state index in [2.05, 4.69) is 33.3 Å². The fraction of sp³-hybridized carbons (Fsp3) is 0.600. The van der Waals surface area contributed by atoms with Crippen molar-refractivity contribution >= 4 is 6.29 Å². The molecule has 1 aliphatic rings. The normalized spacial score (nSPS) is 29.4. The molecule has 1 atom stereocenters. The van der Waals surface area contributed by atoms with E-state index in [1.54, 1.807) is 0 Å². The van der Waals surface area contributed by atoms with Crippen LogP contribution in [0.1, 0.15) is 27.2 Å². The van der Waals surface area contributed by atoms with Crippen LogP contribution in [0.3, 0.4) is 0 Å². The lowest BCUT2D eigenvalue weighted by atomic mass is 9.70. The van der Waals surface area contributed by atoms with Crippen molar-refractivity contribution in [3.8, 4) is 0 Å². The van der Waals surface area contributed by atoms with Gasteiger partial charge < -0.3 is 4.79 Å². The number of aldehydes is 1. The molecule has 11 heavy (non-hydrogen) atoms. The molecule has 1 radical (unpaired) electrons. The Balaban J connectivity index is 2.79. The molecule has 0 fully saturated rings. The molecule has 0 saturated carbocycles. The third-order valence-electron chi connectivity index (χ3n) is 2.41. The molecule has 0 heterocycles. The van der Waals surface area contributed by atoms with Gasteiger partial charge in [-0.05, 0) is 25.2 Å². The molecular formula is C10H15O. The lowest BCUT2D eigenvalue weighted by molar-refractivity contribution is -0.113. The second kappa shape index (κ2) is 2.80. The molecule has 0 spiro atoms. The van der Waals surface area contributed by atoms with Crippen LogP contribution in [0.5, 0.6) is 0 Å². The molecule has 0 amide bonds. The highest BCUT2D eigenvalue weighted by atomic mass is 16.1. The van der Waals surface area contributed by atoms with E-state index in [0.717, 1.165) is 12.7 Å². The van der Waals surface area contributed by atoms with E-state index in [-0.39, 0.29) is 11.3 Å². The van der Waals surface area contributed by atoms with Gasteiger partial charge in [0.15, 0.2) is 0 Å². The van der Waals surface area contributed by atoms with Gasteiger partial charge in [-0.15, -0.1) is 0 Å². The molecule has 1 aliphatic carbocycles. The van der Waals surface area contributed by atoms with Crippen molar-refractivity contribution in [3.63, 3.8) is 0 Å². The van der Waals surface area contributed by atoms with Crippen LogP contribution in [-0.2, 0) is 4.79 Å². The topological polar surface area (TPSA) is 17.1 Å². The van der Waals surface area contributed by atoms with Crippen LogP contribution in [0.15, 0.2) is 11.6 Å². The fourth-order valence-corrected chi connectivity index (χ4v) is 1.60. The van der Waals surface area contributed by atoms with Crippen molar-refractivity contribution in [2.45, 2.75) is 27.2 Å². The van der Waals surface area contributed by atoms with Gasteiger partial charge in [0.25, 0.3) is 0 Å². The van der Waals surface area contributed by atoms with Crippen molar-refractivity contribution in [2.75, 3.05) is 0 Å². The van der Waals surface area contributed by atoms with Gasteiger partial charge in [-0.2, -0.15) is 0 Å². The summed E-state index contributed by atoms with van der Waals surface area (Å²) in [5.41, 5.74) is 1.36. The Bertz CT molecular complexity index is 189. The zero-order chi connectivity index (χ0) is 8.48. The lowest BCUT2D eigenvalue weighted by Gasteiger charge is -2.33. The molecule has 0 N–H and O–H groups in total. The summed E-state index contributed by atoms with van der Waals surface area (Å²) in [6, 6.07) is 0. The maximum atomic E-state index is 10.6. The average molecular weight is 151 g/mol. The van der Waals surface area contributed by atoms with E-state index in [0.29, 0.717) is 0 Å². The first kappa shape index (κ1) is 8.51. The summed E-state index contributed by atoms with van der Waals surface area (Å²) in [5, 5.41) is 0. The molecular weight excluding hydrogens is 136 g/mol. The Hall–Kier alpha value is -0.590. The summed E-state index contributed by atoms with van der Waals surface area (Å²) in [5.74, 6) is 0.172. The molecule has 1 nitrogen and oxygen atoms in total. The van der Waals surface area contributed by atoms with Gasteiger partial charge in [0, 0.05) is 5.92 Å². The molecule has 1 unspecified atom stereocenters. The van der Waals surface area contributed by atoms with Gasteiger partial charge in [0.2, 0.25) is 0 Å². The number of carbonyl (C=O) groups excluding carboxylic acids is 1. The molecule has 0 aromatic heterocycles. The lowest BCUT2D eigenvalue weighted by Crippen LogP contribution is -2.28. The fourth-order valence-electron chi connectivity index (χ4n) is 1.60. The smallest absolute Gasteiger partial charge is 0.123 e. The Morgan fingerprint density at radius 3 is 2.73 bits per heavy atom. The van der Waals surface area contributed by atoms with Gasteiger partial charge in [0.1, 0.15) is 6.29 Å². The highest BCUT2D eigenvalue weighted by Gasteiger charge is 2.31. The number of allylic oxidation sites excluding steroid dienone is 2. The summed E-state index contributed by atoms with van der Waals surface area (Å²) in [6.07, 6.45) is 6.28. The maximum absolute atomic E-state index is 10.6. The van der Waals surface area contributed by atoms with Gasteiger partial charge in [-0.3, -0.25) is 0 Å². The molecule has 0 aromatic rings. The van der Waals surface area contributed by atoms with Crippen molar-refractivity contribution < 1.29 is 4.79 Å². The van der Waals surface area contributed by atoms with Gasteiger partial charge >= 0.3 is 0 Å². The first-order valence-corrected chi connectivity index (χ1v) is 4.04. The Morgan fingerprint density at radius 1 is 1.64 bits per heavy atom. The van der Waals surface area contributed by atoms with Gasteiger partial charge in [0.05, 0.1) is 0 Å². The van der Waals surface area contributed by atoms with Crippen LogP contribution in [-0.4, -0.2) is 6.29 Å². The van der Waals surface area contributed by atoms with Gasteiger partial charge in [-0.25, -0.2) is 0 Å². The van der Waals surface area contributed by atoms with E-state index in [4.69, 9.17) is 0 Å². The average Bonchev–Trinajstić information content (AvgIpc) is 1.85. The number of rotatable bonds is 1. The zero-order valence-corrected chi connectivity index (χ0v) is 7.42. The highest BCUT2D eigenvalue weighted by Crippen LogP contribution is 2.37. The highest BCUT2D eigenvalue weighted by molar-refractivity contribution is 5.57. The minimum atomic E-state index is 0.0561. The molecule has 0 aliphatic heterocycles. The van der Waals surface area contributed by atoms with Crippen molar-refractivity contribution in [1.29, 1.82) is 0 Å². The van der Waals surface area contributed by atoms with Crippen LogP contribution < -0.4 is 0 Å².